The second-order valence-electron chi connectivity index (χ2n) is 10.6. The van der Waals surface area contributed by atoms with E-state index in [1.54, 1.807) is 25.4 Å². The van der Waals surface area contributed by atoms with Crippen LogP contribution >= 0.6 is 23.2 Å². The summed E-state index contributed by atoms with van der Waals surface area (Å²) in [4.78, 5) is 35.3. The normalized spacial score (nSPS) is 19.3. The van der Waals surface area contributed by atoms with Gasteiger partial charge in [-0.25, -0.2) is 9.37 Å². The zero-order valence-corrected chi connectivity index (χ0v) is 24.4. The Morgan fingerprint density at radius 2 is 1.80 bits per heavy atom. The quantitative estimate of drug-likeness (QED) is 0.357. The van der Waals surface area contributed by atoms with Gasteiger partial charge in [0, 0.05) is 68.6 Å². The van der Waals surface area contributed by atoms with Crippen molar-refractivity contribution in [2.45, 2.75) is 51.4 Å². The molecule has 8 nitrogen and oxygen atoms in total. The number of nitrogens with one attached hydrogen (secondary N) is 2. The number of hydrogen-bond acceptors (Lipinski definition) is 8. The highest BCUT2D eigenvalue weighted by Crippen LogP contribution is 2.30. The van der Waals surface area contributed by atoms with Crippen molar-refractivity contribution in [1.82, 2.24) is 14.8 Å². The number of rotatable bonds is 9. The van der Waals surface area contributed by atoms with E-state index in [0.717, 1.165) is 63.4 Å². The summed E-state index contributed by atoms with van der Waals surface area (Å²) in [6, 6.07) is 7.70. The van der Waals surface area contributed by atoms with Gasteiger partial charge in [0.05, 0.1) is 5.02 Å². The average Bonchev–Trinajstić information content (AvgIpc) is 2.96. The van der Waals surface area contributed by atoms with Crippen LogP contribution in [0.3, 0.4) is 0 Å². The molecule has 2 aliphatic heterocycles. The summed E-state index contributed by atoms with van der Waals surface area (Å²) in [7, 11) is 1.62. The van der Waals surface area contributed by atoms with Crippen LogP contribution in [0.2, 0.25) is 10.0 Å². The summed E-state index contributed by atoms with van der Waals surface area (Å²) in [6.45, 7) is 7.70. The fourth-order valence-electron chi connectivity index (χ4n) is 5.99. The van der Waals surface area contributed by atoms with Crippen LogP contribution in [0.25, 0.3) is 0 Å². The third kappa shape index (κ3) is 5.98. The molecule has 3 heterocycles. The Balaban J connectivity index is 1.15. The van der Waals surface area contributed by atoms with Crippen molar-refractivity contribution in [2.75, 3.05) is 55.3 Å². The molecule has 0 aliphatic carbocycles. The van der Waals surface area contributed by atoms with Crippen LogP contribution in [0.5, 0.6) is 0 Å². The Hall–Kier alpha value is -2.72. The smallest absolute Gasteiger partial charge is 0.253 e. The predicted octanol–water partition coefficient (Wildman–Crippen LogP) is 4.34. The molecule has 214 valence electrons. The van der Waals surface area contributed by atoms with Crippen LogP contribution in [0, 0.1) is 5.82 Å². The largest absolute Gasteiger partial charge is 0.383 e. The second kappa shape index (κ2) is 12.4. The molecule has 2 aliphatic rings. The molecular weight excluding hydrogens is 554 g/mol. The van der Waals surface area contributed by atoms with Gasteiger partial charge in [0.1, 0.15) is 23.0 Å². The molecule has 0 amide bonds. The molecule has 0 spiro atoms. The van der Waals surface area contributed by atoms with Crippen molar-refractivity contribution in [3.05, 3.63) is 77.9 Å². The van der Waals surface area contributed by atoms with Gasteiger partial charge in [0.25, 0.3) is 10.9 Å². The molecule has 3 aromatic rings. The van der Waals surface area contributed by atoms with E-state index in [-0.39, 0.29) is 5.82 Å². The lowest BCUT2D eigenvalue weighted by Crippen LogP contribution is -2.58. The fraction of sp³-hybridized carbons (Fsp3) is 0.483. The van der Waals surface area contributed by atoms with Gasteiger partial charge in [-0.1, -0.05) is 36.2 Å². The topological polar surface area (TPSA) is 80.8 Å². The minimum absolute atomic E-state index is 0.237. The van der Waals surface area contributed by atoms with E-state index in [0.29, 0.717) is 52.2 Å². The summed E-state index contributed by atoms with van der Waals surface area (Å²) < 4.78 is 14.3. The minimum Gasteiger partial charge on any atom is -0.383 e. The summed E-state index contributed by atoms with van der Waals surface area (Å²) >= 11 is 12.6. The predicted molar refractivity (Wildman–Crippen MR) is 160 cm³/mol. The molecule has 0 unspecified atom stereocenters. The summed E-state index contributed by atoms with van der Waals surface area (Å²) in [6.07, 6.45) is 4.92. The van der Waals surface area contributed by atoms with Crippen molar-refractivity contribution in [2.24, 2.45) is 0 Å². The van der Waals surface area contributed by atoms with E-state index in [4.69, 9.17) is 23.2 Å². The monoisotopic (exact) mass is 588 g/mol. The van der Waals surface area contributed by atoms with Crippen LogP contribution in [-0.2, 0) is 13.1 Å². The average molecular weight is 590 g/mol. The lowest BCUT2D eigenvalue weighted by atomic mass is 9.97. The van der Waals surface area contributed by atoms with E-state index in [1.807, 2.05) is 6.07 Å². The van der Waals surface area contributed by atoms with Crippen LogP contribution in [-0.4, -0.2) is 66.6 Å². The van der Waals surface area contributed by atoms with E-state index < -0.39 is 10.9 Å². The number of aromatic nitrogens is 1. The van der Waals surface area contributed by atoms with Gasteiger partial charge in [0.15, 0.2) is 0 Å². The summed E-state index contributed by atoms with van der Waals surface area (Å²) in [5.74, 6) is 0.534. The molecular formula is C29H35Cl2FN6O2. The van der Waals surface area contributed by atoms with Crippen molar-refractivity contribution in [1.29, 1.82) is 0 Å². The maximum Gasteiger partial charge on any atom is 0.253 e. The number of piperidine rings is 1. The molecule has 1 aromatic heterocycles. The number of hydrogen-bond donors (Lipinski definition) is 2. The number of anilines is 3. The zero-order valence-electron chi connectivity index (χ0n) is 22.9. The van der Waals surface area contributed by atoms with E-state index in [1.165, 1.54) is 6.07 Å². The first-order valence-electron chi connectivity index (χ1n) is 13.8. The van der Waals surface area contributed by atoms with Crippen molar-refractivity contribution in [3.8, 4) is 0 Å². The van der Waals surface area contributed by atoms with Crippen LogP contribution < -0.4 is 26.4 Å². The van der Waals surface area contributed by atoms with Gasteiger partial charge in [-0.2, -0.15) is 0 Å². The summed E-state index contributed by atoms with van der Waals surface area (Å²) in [5, 5.41) is 6.78. The first kappa shape index (κ1) is 28.8. The van der Waals surface area contributed by atoms with Crippen LogP contribution in [0.15, 0.2) is 40.1 Å². The highest BCUT2D eigenvalue weighted by Gasteiger charge is 2.34. The molecule has 2 fully saturated rings. The molecule has 0 saturated carbocycles. The highest BCUT2D eigenvalue weighted by atomic mass is 35.5. The Kier molecular flexibility index (Phi) is 8.95. The van der Waals surface area contributed by atoms with Gasteiger partial charge in [0.2, 0.25) is 0 Å². The molecule has 2 saturated heterocycles. The Morgan fingerprint density at radius 3 is 2.48 bits per heavy atom. The van der Waals surface area contributed by atoms with E-state index in [9.17, 15) is 14.0 Å². The Labute approximate surface area is 243 Å². The third-order valence-electron chi connectivity index (χ3n) is 8.24. The first-order chi connectivity index (χ1) is 19.3. The maximum absolute atomic E-state index is 14.3. The molecule has 2 aromatic carbocycles. The fourth-order valence-corrected chi connectivity index (χ4v) is 6.46. The SMILES string of the molecule is CC[C@H]1CN(c2ncc(CNc3c(NC)c(=O)c3=O)cc2Cl)CCN1C1CCN(Cc2ccc(Cl)cc2F)CC1. The third-order valence-corrected chi connectivity index (χ3v) is 8.76. The van der Waals surface area contributed by atoms with Gasteiger partial charge in [-0.15, -0.1) is 0 Å². The highest BCUT2D eigenvalue weighted by molar-refractivity contribution is 6.33. The van der Waals surface area contributed by atoms with Gasteiger partial charge in [-0.05, 0) is 56.1 Å². The van der Waals surface area contributed by atoms with Gasteiger partial charge >= 0.3 is 0 Å². The van der Waals surface area contributed by atoms with Gasteiger partial charge in [-0.3, -0.25) is 19.4 Å². The second-order valence-corrected chi connectivity index (χ2v) is 11.5. The number of nitrogens with zero attached hydrogens (tertiary/aromatic N) is 4. The van der Waals surface area contributed by atoms with Crippen LogP contribution in [0.1, 0.15) is 37.3 Å². The zero-order chi connectivity index (χ0) is 28.4. The van der Waals surface area contributed by atoms with Crippen molar-refractivity contribution < 1.29 is 4.39 Å². The molecule has 0 bridgehead atoms. The van der Waals surface area contributed by atoms with Crippen LogP contribution in [0.4, 0.5) is 21.6 Å². The Morgan fingerprint density at radius 1 is 1.05 bits per heavy atom. The van der Waals surface area contributed by atoms with E-state index in [2.05, 4.69) is 37.2 Å². The van der Waals surface area contributed by atoms with Gasteiger partial charge < -0.3 is 15.5 Å². The standard InChI is InChI=1S/C29H35Cl2FN6O2/c1-3-21-17-37(29-23(31)12-18(15-35-29)14-34-26-25(33-2)27(39)28(26)40)10-11-38(21)22-6-8-36(9-7-22)16-19-4-5-20(30)13-24(19)32/h4-5,12-13,15,21-22,33-34H,3,6-11,14,16-17H2,1-2H3/t21-/m0/s1. The Bertz CT molecular complexity index is 1420. The molecule has 1 atom stereocenters. The number of pyridine rings is 1. The molecule has 2 N–H and O–H groups in total. The number of likely N-dealkylation sites (tertiary alicyclic amines) is 1. The van der Waals surface area contributed by atoms with Crippen molar-refractivity contribution >= 4 is 40.4 Å². The number of piperazine rings is 1. The molecule has 5 rings (SSSR count). The maximum atomic E-state index is 14.3. The molecule has 40 heavy (non-hydrogen) atoms. The lowest BCUT2D eigenvalue weighted by Gasteiger charge is -2.47. The van der Waals surface area contributed by atoms with Crippen molar-refractivity contribution in [3.63, 3.8) is 0 Å². The minimum atomic E-state index is -0.510. The number of halogens is 3. The lowest BCUT2D eigenvalue weighted by molar-refractivity contribution is 0.0607. The number of benzene rings is 1. The summed E-state index contributed by atoms with van der Waals surface area (Å²) in [5.41, 5.74) is 1.13. The molecule has 11 heteroatoms. The van der Waals surface area contributed by atoms with E-state index >= 15 is 0 Å². The molecule has 0 radical (unpaired) electrons. The first-order valence-corrected chi connectivity index (χ1v) is 14.6.